The molecule has 0 saturated heterocycles. The summed E-state index contributed by atoms with van der Waals surface area (Å²) in [4.78, 5) is 0. The molecule has 34 heavy (non-hydrogen) atoms. The Hall–Kier alpha value is -2.44. The number of halogens is 6. The third-order valence-electron chi connectivity index (χ3n) is 6.41. The van der Waals surface area contributed by atoms with Crippen molar-refractivity contribution >= 4 is 12.2 Å². The van der Waals surface area contributed by atoms with Gasteiger partial charge in [-0.2, -0.15) is 22.0 Å². The van der Waals surface area contributed by atoms with Gasteiger partial charge in [0.2, 0.25) is 0 Å². The molecule has 0 bridgehead atoms. The Bertz CT molecular complexity index is 910. The lowest BCUT2D eigenvalue weighted by atomic mass is 9.77. The van der Waals surface area contributed by atoms with E-state index in [0.717, 1.165) is 23.6 Å². The lowest BCUT2D eigenvalue weighted by Crippen LogP contribution is -2.45. The minimum atomic E-state index is -5.71. The van der Waals surface area contributed by atoms with Crippen LogP contribution >= 0.6 is 0 Å². The van der Waals surface area contributed by atoms with E-state index in [1.807, 2.05) is 18.2 Å². The summed E-state index contributed by atoms with van der Waals surface area (Å²) in [7, 11) is 0. The predicted octanol–water partition coefficient (Wildman–Crippen LogP) is 9.19. The van der Waals surface area contributed by atoms with Crippen molar-refractivity contribution in [2.75, 3.05) is 0 Å². The van der Waals surface area contributed by atoms with E-state index in [1.54, 1.807) is 6.08 Å². The van der Waals surface area contributed by atoms with Crippen LogP contribution in [0.2, 0.25) is 0 Å². The van der Waals surface area contributed by atoms with Gasteiger partial charge in [0.15, 0.2) is 0 Å². The van der Waals surface area contributed by atoms with Crippen molar-refractivity contribution in [3.8, 4) is 5.75 Å². The van der Waals surface area contributed by atoms with Crippen LogP contribution in [0.4, 0.5) is 26.3 Å². The summed E-state index contributed by atoms with van der Waals surface area (Å²) in [6, 6.07) is 13.3. The zero-order valence-corrected chi connectivity index (χ0v) is 19.1. The average Bonchev–Trinajstić information content (AvgIpc) is 2.82. The monoisotopic (exact) mass is 484 g/mol. The SMILES string of the molecule is CCCCC1CCC(c2ccc(C=Cc3ccc(OC(F)(F)C(F)C(F)(F)F)cc3)cc2)CC1. The molecule has 0 spiro atoms. The largest absolute Gasteiger partial charge is 0.439 e. The second kappa shape index (κ2) is 11.3. The van der Waals surface area contributed by atoms with Crippen molar-refractivity contribution in [2.45, 2.75) is 76.2 Å². The first-order valence-electron chi connectivity index (χ1n) is 11.7. The Morgan fingerprint density at radius 1 is 0.853 bits per heavy atom. The van der Waals surface area contributed by atoms with Crippen LogP contribution in [-0.2, 0) is 0 Å². The van der Waals surface area contributed by atoms with Gasteiger partial charge in [-0.05, 0) is 66.3 Å². The van der Waals surface area contributed by atoms with Crippen molar-refractivity contribution in [3.63, 3.8) is 0 Å². The molecule has 1 atom stereocenters. The highest BCUT2D eigenvalue weighted by Gasteiger charge is 2.59. The smallest absolute Gasteiger partial charge is 0.430 e. The van der Waals surface area contributed by atoms with Crippen LogP contribution in [0.3, 0.4) is 0 Å². The number of rotatable bonds is 9. The van der Waals surface area contributed by atoms with Crippen LogP contribution in [0.5, 0.6) is 5.75 Å². The number of alkyl halides is 6. The summed E-state index contributed by atoms with van der Waals surface area (Å²) in [5, 5.41) is 0. The van der Waals surface area contributed by atoms with Gasteiger partial charge in [0.25, 0.3) is 6.17 Å². The molecule has 7 heteroatoms. The van der Waals surface area contributed by atoms with Crippen LogP contribution in [0.25, 0.3) is 12.2 Å². The molecule has 0 radical (unpaired) electrons. The average molecular weight is 485 g/mol. The first-order valence-corrected chi connectivity index (χ1v) is 11.7. The molecule has 1 aliphatic rings. The topological polar surface area (TPSA) is 9.23 Å². The first-order chi connectivity index (χ1) is 16.1. The molecule has 2 aromatic carbocycles. The fraction of sp³-hybridized carbons (Fsp3) is 0.481. The number of ether oxygens (including phenoxy) is 1. The maximum Gasteiger partial charge on any atom is 0.439 e. The van der Waals surface area contributed by atoms with Gasteiger partial charge in [-0.15, -0.1) is 0 Å². The van der Waals surface area contributed by atoms with Crippen LogP contribution in [-0.4, -0.2) is 18.5 Å². The molecule has 1 saturated carbocycles. The first kappa shape index (κ1) is 26.2. The summed E-state index contributed by atoms with van der Waals surface area (Å²) >= 11 is 0. The Morgan fingerprint density at radius 3 is 1.88 bits per heavy atom. The van der Waals surface area contributed by atoms with E-state index >= 15 is 0 Å². The molecule has 1 fully saturated rings. The van der Waals surface area contributed by atoms with Crippen molar-refractivity contribution < 1.29 is 31.1 Å². The summed E-state index contributed by atoms with van der Waals surface area (Å²) in [5.74, 6) is 0.912. The van der Waals surface area contributed by atoms with Gasteiger partial charge >= 0.3 is 12.3 Å². The Balaban J connectivity index is 1.54. The number of hydrogen-bond donors (Lipinski definition) is 0. The molecule has 1 nitrogen and oxygen atoms in total. The highest BCUT2D eigenvalue weighted by atomic mass is 19.4. The molecule has 0 aliphatic heterocycles. The molecular weight excluding hydrogens is 454 g/mol. The molecule has 1 aliphatic carbocycles. The zero-order valence-electron chi connectivity index (χ0n) is 19.1. The van der Waals surface area contributed by atoms with Crippen LogP contribution < -0.4 is 4.74 Å². The van der Waals surface area contributed by atoms with Crippen LogP contribution in [0, 0.1) is 5.92 Å². The van der Waals surface area contributed by atoms with Crippen LogP contribution in [0.15, 0.2) is 48.5 Å². The van der Waals surface area contributed by atoms with Crippen LogP contribution in [0.1, 0.15) is 74.5 Å². The minimum Gasteiger partial charge on any atom is -0.430 e. The second-order valence-corrected chi connectivity index (χ2v) is 9.00. The quantitative estimate of drug-likeness (QED) is 0.255. The summed E-state index contributed by atoms with van der Waals surface area (Å²) in [5.41, 5.74) is 2.95. The van der Waals surface area contributed by atoms with Gasteiger partial charge in [-0.25, -0.2) is 4.39 Å². The summed E-state index contributed by atoms with van der Waals surface area (Å²) in [6.07, 6.45) is -2.57. The maximum absolute atomic E-state index is 13.4. The molecule has 186 valence electrons. The molecule has 2 aromatic rings. The van der Waals surface area contributed by atoms with Gasteiger partial charge in [-0.3, -0.25) is 0 Å². The highest BCUT2D eigenvalue weighted by Crippen LogP contribution is 2.38. The summed E-state index contributed by atoms with van der Waals surface area (Å²) < 4.78 is 80.3. The third kappa shape index (κ3) is 7.28. The van der Waals surface area contributed by atoms with E-state index in [9.17, 15) is 26.3 Å². The normalized spacial score (nSPS) is 20.4. The van der Waals surface area contributed by atoms with E-state index in [2.05, 4.69) is 23.8 Å². The minimum absolute atomic E-state index is 0.553. The molecule has 0 heterocycles. The highest BCUT2D eigenvalue weighted by molar-refractivity contribution is 5.69. The third-order valence-corrected chi connectivity index (χ3v) is 6.41. The number of benzene rings is 2. The summed E-state index contributed by atoms with van der Waals surface area (Å²) in [6.45, 7) is 2.23. The fourth-order valence-electron chi connectivity index (χ4n) is 4.40. The Kier molecular flexibility index (Phi) is 8.72. The van der Waals surface area contributed by atoms with E-state index in [1.165, 1.54) is 62.6 Å². The lowest BCUT2D eigenvalue weighted by Gasteiger charge is -2.28. The number of hydrogen-bond acceptors (Lipinski definition) is 1. The van der Waals surface area contributed by atoms with Gasteiger partial charge < -0.3 is 4.74 Å². The van der Waals surface area contributed by atoms with Gasteiger partial charge in [-0.1, -0.05) is 74.7 Å². The molecule has 0 aromatic heterocycles. The molecular formula is C27H30F6O. The van der Waals surface area contributed by atoms with E-state index in [0.29, 0.717) is 11.5 Å². The molecule has 1 unspecified atom stereocenters. The molecule has 0 amide bonds. The predicted molar refractivity (Wildman–Crippen MR) is 123 cm³/mol. The van der Waals surface area contributed by atoms with Crippen molar-refractivity contribution in [1.29, 1.82) is 0 Å². The van der Waals surface area contributed by atoms with Crippen molar-refractivity contribution in [3.05, 3.63) is 65.2 Å². The maximum atomic E-state index is 13.4. The lowest BCUT2D eigenvalue weighted by molar-refractivity contribution is -0.304. The van der Waals surface area contributed by atoms with Crippen molar-refractivity contribution in [1.82, 2.24) is 0 Å². The Labute approximate surface area is 196 Å². The standard InChI is InChI=1S/C27H30F6O/c1-2-3-4-19-7-13-22(14-8-19)23-15-9-20(10-16-23)5-6-21-11-17-24(18-12-21)34-27(32,33)25(28)26(29,30)31/h5-6,9-12,15-19,22,25H,2-4,7-8,13-14H2,1H3. The van der Waals surface area contributed by atoms with E-state index < -0.39 is 24.2 Å². The molecule has 0 N–H and O–H groups in total. The van der Waals surface area contributed by atoms with E-state index in [4.69, 9.17) is 0 Å². The fourth-order valence-corrected chi connectivity index (χ4v) is 4.40. The van der Waals surface area contributed by atoms with Crippen molar-refractivity contribution in [2.24, 2.45) is 5.92 Å². The molecule has 3 rings (SSSR count). The van der Waals surface area contributed by atoms with Gasteiger partial charge in [0.1, 0.15) is 5.75 Å². The number of unbranched alkanes of at least 4 members (excludes halogenated alkanes) is 1. The van der Waals surface area contributed by atoms with E-state index in [-0.39, 0.29) is 0 Å². The van der Waals surface area contributed by atoms with Gasteiger partial charge in [0.05, 0.1) is 0 Å². The zero-order chi connectivity index (χ0) is 24.8. The van der Waals surface area contributed by atoms with Gasteiger partial charge in [0, 0.05) is 0 Å². The second-order valence-electron chi connectivity index (χ2n) is 9.00. The Morgan fingerprint density at radius 2 is 1.38 bits per heavy atom.